The molecule has 9 aromatic carbocycles. The molecule has 0 aliphatic heterocycles. The number of benzene rings is 9. The lowest BCUT2D eigenvalue weighted by Crippen LogP contribution is -2.24. The molecule has 0 unspecified atom stereocenters. The topological polar surface area (TPSA) is 0 Å². The van der Waals surface area contributed by atoms with Gasteiger partial charge in [-0.15, -0.1) is 0 Å². The molecule has 0 aromatic heterocycles. The normalized spacial score (nSPS) is 14.6. The molecule has 0 nitrogen and oxygen atoms in total. The summed E-state index contributed by atoms with van der Waals surface area (Å²) in [6.45, 7) is 9.70. The molecule has 0 atom stereocenters. The van der Waals surface area contributed by atoms with E-state index in [2.05, 4.69) is 198 Å². The van der Waals surface area contributed by atoms with Crippen LogP contribution in [-0.2, 0) is 10.8 Å². The second-order valence-electron chi connectivity index (χ2n) is 16.6. The SMILES string of the molecule is CC1(C)c2ccccc2-c2ccc3c(c21)C(C)(C)c1cc(-c2cc(-c4ccc5cc(-c6ccc7ccccc7c6)ccc5c4)c4ccccc4c2)ccc1-3. The fourth-order valence-electron chi connectivity index (χ4n) is 10.0. The van der Waals surface area contributed by atoms with Crippen LogP contribution in [-0.4, -0.2) is 0 Å². The first-order valence-corrected chi connectivity index (χ1v) is 19.2. The maximum Gasteiger partial charge on any atom is 0.0162 e. The monoisotopic (exact) mass is 688 g/mol. The third-order valence-electron chi connectivity index (χ3n) is 12.8. The van der Waals surface area contributed by atoms with Gasteiger partial charge in [0.1, 0.15) is 0 Å². The predicted molar refractivity (Wildman–Crippen MR) is 230 cm³/mol. The highest BCUT2D eigenvalue weighted by Gasteiger charge is 2.45. The Hall–Kier alpha value is -6.24. The Labute approximate surface area is 317 Å². The highest BCUT2D eigenvalue weighted by Crippen LogP contribution is 2.59. The van der Waals surface area contributed by atoms with Crippen LogP contribution >= 0.6 is 0 Å². The Bertz CT molecular complexity index is 3040. The van der Waals surface area contributed by atoms with E-state index in [0.29, 0.717) is 0 Å². The van der Waals surface area contributed by atoms with Crippen molar-refractivity contribution >= 4 is 32.3 Å². The van der Waals surface area contributed by atoms with Crippen LogP contribution in [0.1, 0.15) is 49.9 Å². The van der Waals surface area contributed by atoms with Crippen LogP contribution in [0.25, 0.3) is 88.0 Å². The molecule has 256 valence electrons. The fourth-order valence-corrected chi connectivity index (χ4v) is 10.0. The average Bonchev–Trinajstić information content (AvgIpc) is 3.58. The summed E-state index contributed by atoms with van der Waals surface area (Å²) < 4.78 is 0. The maximum absolute atomic E-state index is 2.49. The predicted octanol–water partition coefficient (Wildman–Crippen LogP) is 14.8. The van der Waals surface area contributed by atoms with Crippen molar-refractivity contribution in [2.45, 2.75) is 38.5 Å². The summed E-state index contributed by atoms with van der Waals surface area (Å²) in [5, 5.41) is 7.58. The number of rotatable bonds is 3. The van der Waals surface area contributed by atoms with Crippen LogP contribution in [0.5, 0.6) is 0 Å². The molecule has 0 spiro atoms. The second kappa shape index (κ2) is 11.1. The molecule has 0 heterocycles. The third-order valence-corrected chi connectivity index (χ3v) is 12.8. The highest BCUT2D eigenvalue weighted by molar-refractivity contribution is 6.03. The van der Waals surface area contributed by atoms with Crippen molar-refractivity contribution in [1.82, 2.24) is 0 Å². The van der Waals surface area contributed by atoms with E-state index in [1.165, 1.54) is 110 Å². The van der Waals surface area contributed by atoms with Crippen LogP contribution in [0.3, 0.4) is 0 Å². The van der Waals surface area contributed by atoms with Crippen LogP contribution < -0.4 is 0 Å². The molecule has 0 saturated carbocycles. The van der Waals surface area contributed by atoms with Gasteiger partial charge >= 0.3 is 0 Å². The summed E-state index contributed by atoms with van der Waals surface area (Å²) in [5.74, 6) is 0. The number of hydrogen-bond donors (Lipinski definition) is 0. The molecule has 9 aromatic rings. The molecule has 0 amide bonds. The van der Waals surface area contributed by atoms with Crippen molar-refractivity contribution in [1.29, 1.82) is 0 Å². The standard InChI is InChI=1S/C54H40/c1-53(2)49-16-10-9-15-44(49)46-25-26-47-45-24-23-39(32-50(45)54(3,4)52(47)51(46)53)42-30-40-13-7-8-14-43(40)48(31-42)41-22-21-37-28-36(19-20-38(37)29-41)35-18-17-33-11-5-6-12-34(33)27-35/h5-32H,1-4H3. The van der Waals surface area contributed by atoms with E-state index in [9.17, 15) is 0 Å². The lowest BCUT2D eigenvalue weighted by molar-refractivity contribution is 0.601. The van der Waals surface area contributed by atoms with Gasteiger partial charge in [-0.2, -0.15) is 0 Å². The Kier molecular flexibility index (Phi) is 6.46. The minimum absolute atomic E-state index is 0.0511. The molecule has 2 aliphatic rings. The molecule has 54 heavy (non-hydrogen) atoms. The van der Waals surface area contributed by atoms with Crippen molar-refractivity contribution in [2.75, 3.05) is 0 Å². The van der Waals surface area contributed by atoms with Gasteiger partial charge in [0.05, 0.1) is 0 Å². The van der Waals surface area contributed by atoms with E-state index < -0.39 is 0 Å². The van der Waals surface area contributed by atoms with E-state index in [1.54, 1.807) is 0 Å². The molecule has 0 saturated heterocycles. The largest absolute Gasteiger partial charge is 0.0619 e. The minimum Gasteiger partial charge on any atom is -0.0619 e. The van der Waals surface area contributed by atoms with Crippen LogP contribution in [0.4, 0.5) is 0 Å². The van der Waals surface area contributed by atoms with Gasteiger partial charge in [-0.3, -0.25) is 0 Å². The lowest BCUT2D eigenvalue weighted by atomic mass is 9.72. The third kappa shape index (κ3) is 4.44. The van der Waals surface area contributed by atoms with Gasteiger partial charge in [0.25, 0.3) is 0 Å². The number of hydrogen-bond acceptors (Lipinski definition) is 0. The summed E-state index contributed by atoms with van der Waals surface area (Å²) in [7, 11) is 0. The van der Waals surface area contributed by atoms with Gasteiger partial charge < -0.3 is 0 Å². The summed E-state index contributed by atoms with van der Waals surface area (Å²) in [4.78, 5) is 0. The van der Waals surface area contributed by atoms with E-state index in [-0.39, 0.29) is 10.8 Å². The quantitative estimate of drug-likeness (QED) is 0.173. The first-order chi connectivity index (χ1) is 26.3. The number of fused-ring (bicyclic) bond motifs is 10. The lowest BCUT2D eigenvalue weighted by Gasteiger charge is -2.30. The summed E-state index contributed by atoms with van der Waals surface area (Å²) >= 11 is 0. The van der Waals surface area contributed by atoms with Crippen molar-refractivity contribution in [2.24, 2.45) is 0 Å². The smallest absolute Gasteiger partial charge is 0.0162 e. The van der Waals surface area contributed by atoms with Gasteiger partial charge in [-0.1, -0.05) is 161 Å². The van der Waals surface area contributed by atoms with Crippen molar-refractivity contribution < 1.29 is 0 Å². The summed E-state index contributed by atoms with van der Waals surface area (Å²) in [6.07, 6.45) is 0. The molecular formula is C54H40. The van der Waals surface area contributed by atoms with Crippen molar-refractivity contribution in [3.05, 3.63) is 192 Å². The van der Waals surface area contributed by atoms with Crippen molar-refractivity contribution in [3.8, 4) is 55.6 Å². The van der Waals surface area contributed by atoms with Crippen LogP contribution in [0, 0.1) is 0 Å². The van der Waals surface area contributed by atoms with E-state index >= 15 is 0 Å². The van der Waals surface area contributed by atoms with Gasteiger partial charge in [-0.25, -0.2) is 0 Å². The minimum atomic E-state index is -0.130. The zero-order chi connectivity index (χ0) is 36.3. The zero-order valence-corrected chi connectivity index (χ0v) is 31.2. The van der Waals surface area contributed by atoms with Crippen LogP contribution in [0.2, 0.25) is 0 Å². The van der Waals surface area contributed by atoms with Gasteiger partial charge in [0.2, 0.25) is 0 Å². The second-order valence-corrected chi connectivity index (χ2v) is 16.6. The van der Waals surface area contributed by atoms with Gasteiger partial charge in [-0.05, 0) is 147 Å². The van der Waals surface area contributed by atoms with E-state index in [1.807, 2.05) is 0 Å². The molecule has 11 rings (SSSR count). The molecule has 0 heteroatoms. The Morgan fingerprint density at radius 2 is 0.741 bits per heavy atom. The summed E-state index contributed by atoms with van der Waals surface area (Å²) in [6, 6.07) is 63.8. The molecular weight excluding hydrogens is 649 g/mol. The van der Waals surface area contributed by atoms with Crippen molar-refractivity contribution in [3.63, 3.8) is 0 Å². The Morgan fingerprint density at radius 3 is 1.48 bits per heavy atom. The molecule has 0 fully saturated rings. The molecule has 0 radical (unpaired) electrons. The zero-order valence-electron chi connectivity index (χ0n) is 31.2. The molecule has 0 N–H and O–H groups in total. The van der Waals surface area contributed by atoms with Crippen LogP contribution in [0.15, 0.2) is 170 Å². The van der Waals surface area contributed by atoms with Gasteiger partial charge in [0, 0.05) is 10.8 Å². The van der Waals surface area contributed by atoms with E-state index in [0.717, 1.165) is 0 Å². The summed E-state index contributed by atoms with van der Waals surface area (Å²) in [5.41, 5.74) is 18.7. The van der Waals surface area contributed by atoms with Gasteiger partial charge in [0.15, 0.2) is 0 Å². The van der Waals surface area contributed by atoms with E-state index in [4.69, 9.17) is 0 Å². The highest BCUT2D eigenvalue weighted by atomic mass is 14.5. The first-order valence-electron chi connectivity index (χ1n) is 19.2. The maximum atomic E-state index is 2.49. The first kappa shape index (κ1) is 31.3. The molecule has 2 aliphatic carbocycles. The Balaban J connectivity index is 1.01. The molecule has 0 bridgehead atoms. The Morgan fingerprint density at radius 1 is 0.278 bits per heavy atom. The average molecular weight is 689 g/mol. The fraction of sp³-hybridized carbons (Fsp3) is 0.111.